The maximum atomic E-state index is 8.91. The Kier molecular flexibility index (Phi) is 5.21. The molecule has 1 aliphatic heterocycles. The molecular formula is C17H20N4OS. The number of thiazole rings is 1. The molecule has 0 spiro atoms. The first-order chi connectivity index (χ1) is 11.2. The third-order valence-corrected chi connectivity index (χ3v) is 5.07. The molecule has 1 saturated heterocycles. The van der Waals surface area contributed by atoms with E-state index in [9.17, 15) is 0 Å². The van der Waals surface area contributed by atoms with Crippen molar-refractivity contribution in [2.75, 3.05) is 19.7 Å². The van der Waals surface area contributed by atoms with E-state index in [2.05, 4.69) is 27.9 Å². The lowest BCUT2D eigenvalue weighted by atomic mass is 9.99. The maximum Gasteiger partial charge on any atom is 0.214 e. The minimum Gasteiger partial charge on any atom is -0.477 e. The molecule has 0 saturated carbocycles. The Morgan fingerprint density at radius 3 is 3.17 bits per heavy atom. The summed E-state index contributed by atoms with van der Waals surface area (Å²) in [5.41, 5.74) is 3.65. The van der Waals surface area contributed by atoms with Crippen molar-refractivity contribution >= 4 is 11.3 Å². The van der Waals surface area contributed by atoms with Crippen molar-refractivity contribution in [1.82, 2.24) is 14.9 Å². The zero-order valence-corrected chi connectivity index (χ0v) is 14.1. The van der Waals surface area contributed by atoms with Crippen molar-refractivity contribution in [3.05, 3.63) is 40.0 Å². The van der Waals surface area contributed by atoms with E-state index < -0.39 is 0 Å². The van der Waals surface area contributed by atoms with Gasteiger partial charge in [-0.3, -0.25) is 4.90 Å². The number of ether oxygens (including phenoxy) is 1. The van der Waals surface area contributed by atoms with Crippen molar-refractivity contribution in [3.8, 4) is 11.9 Å². The van der Waals surface area contributed by atoms with Crippen molar-refractivity contribution < 1.29 is 4.74 Å². The highest BCUT2D eigenvalue weighted by Crippen LogP contribution is 2.22. The van der Waals surface area contributed by atoms with Crippen LogP contribution in [-0.2, 0) is 6.54 Å². The lowest BCUT2D eigenvalue weighted by molar-refractivity contribution is 0.123. The molecule has 1 fully saturated rings. The number of likely N-dealkylation sites (tertiary alicyclic amines) is 1. The third-order valence-electron chi connectivity index (χ3n) is 4.15. The number of nitrogens with zero attached hydrogens (tertiary/aromatic N) is 4. The van der Waals surface area contributed by atoms with Crippen LogP contribution in [0.1, 0.15) is 29.0 Å². The standard InChI is InChI=1S/C17H20N4OS/c1-13-16(23-12-20-13)10-21-6-2-3-15(9-21)11-22-17-7-14(8-18)4-5-19-17/h4-5,7,12,15H,2-3,6,9-11H2,1H3. The van der Waals surface area contributed by atoms with Gasteiger partial charge in [0, 0.05) is 36.1 Å². The second kappa shape index (κ2) is 7.53. The highest BCUT2D eigenvalue weighted by Gasteiger charge is 2.21. The first-order valence-electron chi connectivity index (χ1n) is 7.85. The molecule has 0 bridgehead atoms. The van der Waals surface area contributed by atoms with E-state index in [0.717, 1.165) is 25.3 Å². The van der Waals surface area contributed by atoms with Crippen LogP contribution >= 0.6 is 11.3 Å². The summed E-state index contributed by atoms with van der Waals surface area (Å²) in [4.78, 5) is 12.3. The molecule has 5 nitrogen and oxygen atoms in total. The normalized spacial score (nSPS) is 18.5. The van der Waals surface area contributed by atoms with Gasteiger partial charge in [0.15, 0.2) is 0 Å². The Morgan fingerprint density at radius 1 is 1.48 bits per heavy atom. The molecule has 3 rings (SSSR count). The first kappa shape index (κ1) is 15.9. The van der Waals surface area contributed by atoms with Crippen LogP contribution in [0.25, 0.3) is 0 Å². The maximum absolute atomic E-state index is 8.91. The lowest BCUT2D eigenvalue weighted by Gasteiger charge is -2.32. The topological polar surface area (TPSA) is 62.0 Å². The van der Waals surface area contributed by atoms with E-state index in [-0.39, 0.29) is 0 Å². The summed E-state index contributed by atoms with van der Waals surface area (Å²) < 4.78 is 5.80. The molecule has 1 atom stereocenters. The fraction of sp³-hybridized carbons (Fsp3) is 0.471. The molecule has 6 heteroatoms. The molecule has 0 radical (unpaired) electrons. The van der Waals surface area contributed by atoms with E-state index >= 15 is 0 Å². The Morgan fingerprint density at radius 2 is 2.39 bits per heavy atom. The molecule has 2 aromatic rings. The number of aromatic nitrogens is 2. The van der Waals surface area contributed by atoms with Crippen LogP contribution in [0, 0.1) is 24.2 Å². The van der Waals surface area contributed by atoms with Gasteiger partial charge in [0.1, 0.15) is 0 Å². The molecule has 0 N–H and O–H groups in total. The lowest BCUT2D eigenvalue weighted by Crippen LogP contribution is -2.37. The number of rotatable bonds is 5. The van der Waals surface area contributed by atoms with Crippen LogP contribution in [0.5, 0.6) is 5.88 Å². The Hall–Kier alpha value is -1.97. The molecule has 23 heavy (non-hydrogen) atoms. The van der Waals surface area contributed by atoms with Crippen LogP contribution in [0.3, 0.4) is 0 Å². The molecular weight excluding hydrogens is 308 g/mol. The molecule has 2 aromatic heterocycles. The molecule has 120 valence electrons. The fourth-order valence-electron chi connectivity index (χ4n) is 2.87. The summed E-state index contributed by atoms with van der Waals surface area (Å²) in [6.45, 7) is 5.88. The van der Waals surface area contributed by atoms with Crippen LogP contribution in [-0.4, -0.2) is 34.6 Å². The summed E-state index contributed by atoms with van der Waals surface area (Å²) in [5, 5.41) is 8.91. The van der Waals surface area contributed by atoms with Crippen LogP contribution in [0.2, 0.25) is 0 Å². The first-order valence-corrected chi connectivity index (χ1v) is 8.73. The van der Waals surface area contributed by atoms with E-state index in [4.69, 9.17) is 10.00 Å². The van der Waals surface area contributed by atoms with Gasteiger partial charge in [-0.15, -0.1) is 11.3 Å². The average molecular weight is 328 g/mol. The number of hydrogen-bond donors (Lipinski definition) is 0. The minimum absolute atomic E-state index is 0.504. The van der Waals surface area contributed by atoms with Gasteiger partial charge in [0.05, 0.1) is 29.4 Å². The predicted molar refractivity (Wildman–Crippen MR) is 89.3 cm³/mol. The predicted octanol–water partition coefficient (Wildman–Crippen LogP) is 3.01. The molecule has 0 amide bonds. The van der Waals surface area contributed by atoms with Crippen molar-refractivity contribution in [2.45, 2.75) is 26.3 Å². The van der Waals surface area contributed by atoms with E-state index in [1.54, 1.807) is 29.7 Å². The summed E-state index contributed by atoms with van der Waals surface area (Å²) in [7, 11) is 0. The second-order valence-electron chi connectivity index (χ2n) is 5.91. The van der Waals surface area contributed by atoms with Gasteiger partial charge in [-0.2, -0.15) is 5.26 Å². The van der Waals surface area contributed by atoms with Crippen molar-refractivity contribution in [3.63, 3.8) is 0 Å². The summed E-state index contributed by atoms with van der Waals surface area (Å²) in [6, 6.07) is 5.49. The van der Waals surface area contributed by atoms with Gasteiger partial charge in [-0.1, -0.05) is 0 Å². The number of piperidine rings is 1. The monoisotopic (exact) mass is 328 g/mol. The number of hydrogen-bond acceptors (Lipinski definition) is 6. The quantitative estimate of drug-likeness (QED) is 0.844. The van der Waals surface area contributed by atoms with Gasteiger partial charge in [-0.25, -0.2) is 9.97 Å². The highest BCUT2D eigenvalue weighted by atomic mass is 32.1. The molecule has 3 heterocycles. The van der Waals surface area contributed by atoms with E-state index in [0.29, 0.717) is 24.0 Å². The highest BCUT2D eigenvalue weighted by molar-refractivity contribution is 7.09. The van der Waals surface area contributed by atoms with Gasteiger partial charge in [0.25, 0.3) is 0 Å². The minimum atomic E-state index is 0.504. The van der Waals surface area contributed by atoms with Crippen molar-refractivity contribution in [2.24, 2.45) is 5.92 Å². The van der Waals surface area contributed by atoms with Crippen molar-refractivity contribution in [1.29, 1.82) is 5.26 Å². The molecule has 0 aromatic carbocycles. The zero-order valence-electron chi connectivity index (χ0n) is 13.2. The molecule has 0 aliphatic carbocycles. The summed E-state index contributed by atoms with van der Waals surface area (Å²) in [6.07, 6.45) is 3.99. The number of pyridine rings is 1. The Labute approximate surface area is 140 Å². The number of nitriles is 1. The fourth-order valence-corrected chi connectivity index (χ4v) is 3.69. The van der Waals surface area contributed by atoms with Gasteiger partial charge < -0.3 is 4.74 Å². The van der Waals surface area contributed by atoms with Gasteiger partial charge in [0.2, 0.25) is 5.88 Å². The Balaban J connectivity index is 1.52. The van der Waals surface area contributed by atoms with E-state index in [1.165, 1.54) is 17.7 Å². The molecule has 1 unspecified atom stereocenters. The Bertz CT molecular complexity index is 694. The summed E-state index contributed by atoms with van der Waals surface area (Å²) in [5.74, 6) is 1.05. The number of aryl methyl sites for hydroxylation is 1. The smallest absolute Gasteiger partial charge is 0.214 e. The average Bonchev–Trinajstić information content (AvgIpc) is 2.98. The summed E-state index contributed by atoms with van der Waals surface area (Å²) >= 11 is 1.73. The zero-order chi connectivity index (χ0) is 16.1. The SMILES string of the molecule is Cc1ncsc1CN1CCCC(COc2cc(C#N)ccn2)C1. The van der Waals surface area contributed by atoms with Crippen LogP contribution in [0.15, 0.2) is 23.8 Å². The van der Waals surface area contributed by atoms with E-state index in [1.807, 2.05) is 5.51 Å². The third kappa shape index (κ3) is 4.27. The largest absolute Gasteiger partial charge is 0.477 e. The van der Waals surface area contributed by atoms with Crippen LogP contribution in [0.4, 0.5) is 0 Å². The van der Waals surface area contributed by atoms with Crippen LogP contribution < -0.4 is 4.74 Å². The van der Waals surface area contributed by atoms with Gasteiger partial charge >= 0.3 is 0 Å². The second-order valence-corrected chi connectivity index (χ2v) is 6.85. The molecule has 1 aliphatic rings. The van der Waals surface area contributed by atoms with Gasteiger partial charge in [-0.05, 0) is 32.4 Å².